The molecule has 0 spiro atoms. The first-order valence-corrected chi connectivity index (χ1v) is 8.30. The molecule has 0 radical (unpaired) electrons. The van der Waals surface area contributed by atoms with Crippen LogP contribution in [-0.2, 0) is 0 Å². The topological polar surface area (TPSA) is 15.3 Å². The number of hydrogen-bond acceptors (Lipinski definition) is 2. The lowest BCUT2D eigenvalue weighted by atomic mass is 9.74. The van der Waals surface area contributed by atoms with E-state index in [4.69, 9.17) is 0 Å². The standard InChI is InChI=1S/C16H30N2/c1-3-17-14-10-15-8-5-9-16(11-14)18(15)12(2)13-6-4-7-13/h12-17H,3-11H2,1-2H3. The maximum Gasteiger partial charge on any atom is 0.0116 e. The molecule has 3 rings (SSSR count). The lowest BCUT2D eigenvalue weighted by Gasteiger charge is -2.54. The molecule has 0 aromatic rings. The van der Waals surface area contributed by atoms with Crippen molar-refractivity contribution in [3.63, 3.8) is 0 Å². The molecule has 104 valence electrons. The van der Waals surface area contributed by atoms with Gasteiger partial charge in [0.2, 0.25) is 0 Å². The highest BCUT2D eigenvalue weighted by atomic mass is 15.2. The van der Waals surface area contributed by atoms with Crippen molar-refractivity contribution in [1.29, 1.82) is 0 Å². The van der Waals surface area contributed by atoms with Crippen LogP contribution in [0, 0.1) is 5.92 Å². The van der Waals surface area contributed by atoms with E-state index in [0.717, 1.165) is 36.6 Å². The molecular weight excluding hydrogens is 220 g/mol. The molecule has 3 atom stereocenters. The van der Waals surface area contributed by atoms with Gasteiger partial charge in [-0.25, -0.2) is 0 Å². The summed E-state index contributed by atoms with van der Waals surface area (Å²) in [7, 11) is 0. The van der Waals surface area contributed by atoms with E-state index < -0.39 is 0 Å². The molecule has 0 aromatic carbocycles. The molecule has 2 nitrogen and oxygen atoms in total. The lowest BCUT2D eigenvalue weighted by molar-refractivity contribution is -0.0360. The fourth-order valence-corrected chi connectivity index (χ4v) is 4.70. The molecule has 1 aliphatic carbocycles. The molecule has 2 aliphatic heterocycles. The molecule has 0 aromatic heterocycles. The summed E-state index contributed by atoms with van der Waals surface area (Å²) in [6.07, 6.45) is 11.7. The highest BCUT2D eigenvalue weighted by Crippen LogP contribution is 2.41. The fourth-order valence-electron chi connectivity index (χ4n) is 4.70. The van der Waals surface area contributed by atoms with E-state index in [9.17, 15) is 0 Å². The van der Waals surface area contributed by atoms with Crippen LogP contribution in [0.2, 0.25) is 0 Å². The Morgan fingerprint density at radius 3 is 2.17 bits per heavy atom. The largest absolute Gasteiger partial charge is 0.314 e. The second-order valence-electron chi connectivity index (χ2n) is 6.84. The third-order valence-electron chi connectivity index (χ3n) is 5.83. The fraction of sp³-hybridized carbons (Fsp3) is 1.00. The third-order valence-corrected chi connectivity index (χ3v) is 5.83. The first-order valence-electron chi connectivity index (χ1n) is 8.30. The number of rotatable bonds is 4. The number of piperidine rings is 2. The zero-order valence-electron chi connectivity index (χ0n) is 12.2. The quantitative estimate of drug-likeness (QED) is 0.824. The van der Waals surface area contributed by atoms with Crippen molar-refractivity contribution in [2.45, 2.75) is 89.4 Å². The Labute approximate surface area is 113 Å². The number of hydrogen-bond donors (Lipinski definition) is 1. The van der Waals surface area contributed by atoms with Gasteiger partial charge >= 0.3 is 0 Å². The number of nitrogens with zero attached hydrogens (tertiary/aromatic N) is 1. The van der Waals surface area contributed by atoms with Crippen molar-refractivity contribution >= 4 is 0 Å². The summed E-state index contributed by atoms with van der Waals surface area (Å²) in [6, 6.07) is 3.43. The summed E-state index contributed by atoms with van der Waals surface area (Å²) in [4.78, 5) is 2.95. The van der Waals surface area contributed by atoms with Gasteiger partial charge in [-0.1, -0.05) is 19.8 Å². The number of fused-ring (bicyclic) bond motifs is 2. The lowest BCUT2D eigenvalue weighted by Crippen LogP contribution is -2.60. The molecule has 3 unspecified atom stereocenters. The molecule has 18 heavy (non-hydrogen) atoms. The summed E-state index contributed by atoms with van der Waals surface area (Å²) in [6.45, 7) is 5.91. The van der Waals surface area contributed by atoms with E-state index >= 15 is 0 Å². The van der Waals surface area contributed by atoms with Gasteiger partial charge in [0.1, 0.15) is 0 Å². The minimum Gasteiger partial charge on any atom is -0.314 e. The average Bonchev–Trinajstić information content (AvgIpc) is 2.25. The van der Waals surface area contributed by atoms with Gasteiger partial charge < -0.3 is 5.32 Å². The van der Waals surface area contributed by atoms with Crippen LogP contribution < -0.4 is 5.32 Å². The number of nitrogens with one attached hydrogen (secondary N) is 1. The predicted molar refractivity (Wildman–Crippen MR) is 76.8 cm³/mol. The van der Waals surface area contributed by atoms with E-state index in [1.54, 1.807) is 0 Å². The Bertz CT molecular complexity index is 260. The highest BCUT2D eigenvalue weighted by molar-refractivity contribution is 4.98. The van der Waals surface area contributed by atoms with Crippen LogP contribution in [0.1, 0.15) is 65.2 Å². The van der Waals surface area contributed by atoms with Gasteiger partial charge in [-0.2, -0.15) is 0 Å². The van der Waals surface area contributed by atoms with Gasteiger partial charge in [0, 0.05) is 24.2 Å². The van der Waals surface area contributed by atoms with Crippen LogP contribution in [-0.4, -0.2) is 35.6 Å². The van der Waals surface area contributed by atoms with Gasteiger partial charge in [-0.15, -0.1) is 0 Å². The monoisotopic (exact) mass is 250 g/mol. The Hall–Kier alpha value is -0.0800. The Kier molecular flexibility index (Phi) is 3.95. The second-order valence-corrected chi connectivity index (χ2v) is 6.84. The van der Waals surface area contributed by atoms with E-state index in [0.29, 0.717) is 0 Å². The highest BCUT2D eigenvalue weighted by Gasteiger charge is 2.42. The van der Waals surface area contributed by atoms with Gasteiger partial charge in [0.15, 0.2) is 0 Å². The van der Waals surface area contributed by atoms with Crippen LogP contribution in [0.5, 0.6) is 0 Å². The first kappa shape index (κ1) is 12.9. The Balaban J connectivity index is 1.67. The smallest absolute Gasteiger partial charge is 0.0116 e. The van der Waals surface area contributed by atoms with Gasteiger partial charge in [0.05, 0.1) is 0 Å². The van der Waals surface area contributed by atoms with E-state index in [-0.39, 0.29) is 0 Å². The SMILES string of the molecule is CCNC1CC2CCCC(C1)N2C(C)C1CCC1. The summed E-state index contributed by atoms with van der Waals surface area (Å²) in [5.74, 6) is 1.02. The molecule has 0 amide bonds. The normalized spacial score (nSPS) is 39.3. The van der Waals surface area contributed by atoms with Crippen LogP contribution in [0.3, 0.4) is 0 Å². The Morgan fingerprint density at radius 2 is 1.67 bits per heavy atom. The van der Waals surface area contributed by atoms with Crippen LogP contribution >= 0.6 is 0 Å². The summed E-state index contributed by atoms with van der Waals surface area (Å²) in [5, 5.41) is 3.70. The van der Waals surface area contributed by atoms with Crippen LogP contribution in [0.25, 0.3) is 0 Å². The summed E-state index contributed by atoms with van der Waals surface area (Å²) < 4.78 is 0. The van der Waals surface area contributed by atoms with Crippen molar-refractivity contribution < 1.29 is 0 Å². The van der Waals surface area contributed by atoms with Crippen molar-refractivity contribution in [2.75, 3.05) is 6.54 Å². The van der Waals surface area contributed by atoms with Crippen molar-refractivity contribution in [1.82, 2.24) is 10.2 Å². The van der Waals surface area contributed by atoms with E-state index in [1.807, 2.05) is 0 Å². The van der Waals surface area contributed by atoms with Crippen molar-refractivity contribution in [3.05, 3.63) is 0 Å². The van der Waals surface area contributed by atoms with Crippen molar-refractivity contribution in [2.24, 2.45) is 5.92 Å². The summed E-state index contributed by atoms with van der Waals surface area (Å²) in [5.41, 5.74) is 0. The maximum atomic E-state index is 3.70. The van der Waals surface area contributed by atoms with Gasteiger partial charge in [-0.3, -0.25) is 4.90 Å². The second kappa shape index (κ2) is 5.50. The first-order chi connectivity index (χ1) is 8.79. The van der Waals surface area contributed by atoms with Gasteiger partial charge in [-0.05, 0) is 57.9 Å². The molecule has 3 fully saturated rings. The minimum absolute atomic E-state index is 0.801. The Morgan fingerprint density at radius 1 is 1.06 bits per heavy atom. The molecule has 3 aliphatic rings. The zero-order chi connectivity index (χ0) is 12.5. The minimum atomic E-state index is 0.801. The maximum absolute atomic E-state index is 3.70. The predicted octanol–water partition coefficient (Wildman–Crippen LogP) is 3.17. The molecule has 2 heterocycles. The molecule has 2 bridgehead atoms. The van der Waals surface area contributed by atoms with Crippen LogP contribution in [0.4, 0.5) is 0 Å². The molecular formula is C16H30N2. The van der Waals surface area contributed by atoms with Crippen molar-refractivity contribution in [3.8, 4) is 0 Å². The molecule has 2 heteroatoms. The molecule has 1 saturated carbocycles. The zero-order valence-corrected chi connectivity index (χ0v) is 12.2. The van der Waals surface area contributed by atoms with E-state index in [2.05, 4.69) is 24.1 Å². The summed E-state index contributed by atoms with van der Waals surface area (Å²) >= 11 is 0. The van der Waals surface area contributed by atoms with E-state index in [1.165, 1.54) is 51.4 Å². The third kappa shape index (κ3) is 2.34. The average molecular weight is 250 g/mol. The van der Waals surface area contributed by atoms with Crippen LogP contribution in [0.15, 0.2) is 0 Å². The molecule has 1 N–H and O–H groups in total. The molecule has 2 saturated heterocycles. The van der Waals surface area contributed by atoms with Gasteiger partial charge in [0.25, 0.3) is 0 Å².